The third-order valence-corrected chi connectivity index (χ3v) is 3.14. The summed E-state index contributed by atoms with van der Waals surface area (Å²) in [5.41, 5.74) is 0. The first-order valence-electron chi connectivity index (χ1n) is 5.49. The number of aliphatic hydroxyl groups is 1. The monoisotopic (exact) mass is 242 g/mol. The average molecular weight is 242 g/mol. The second-order valence-electron chi connectivity index (χ2n) is 4.39. The van der Waals surface area contributed by atoms with Crippen molar-refractivity contribution in [2.75, 3.05) is 6.54 Å². The molecule has 17 heavy (non-hydrogen) atoms. The van der Waals surface area contributed by atoms with Crippen molar-refractivity contribution in [3.05, 3.63) is 0 Å². The maximum Gasteiger partial charge on any atom is 0.326 e. The molecule has 0 spiro atoms. The fourth-order valence-corrected chi connectivity index (χ4v) is 2.29. The van der Waals surface area contributed by atoms with Crippen LogP contribution in [0.3, 0.4) is 0 Å². The number of carbonyl (C=O) groups is 3. The van der Waals surface area contributed by atoms with Crippen LogP contribution in [0.2, 0.25) is 0 Å². The summed E-state index contributed by atoms with van der Waals surface area (Å²) in [4.78, 5) is 35.1. The zero-order valence-electron chi connectivity index (χ0n) is 9.13. The highest BCUT2D eigenvalue weighted by Crippen LogP contribution is 2.21. The molecule has 0 bridgehead atoms. The van der Waals surface area contributed by atoms with Gasteiger partial charge in [-0.2, -0.15) is 0 Å². The molecule has 2 amide bonds. The van der Waals surface area contributed by atoms with Crippen molar-refractivity contribution in [2.45, 2.75) is 37.5 Å². The molecule has 7 nitrogen and oxygen atoms in total. The number of β-amino-alcohol motifs (C(OH)–C–C–N with tert-alkyl or cyclic N) is 1. The van der Waals surface area contributed by atoms with Crippen molar-refractivity contribution in [1.29, 1.82) is 0 Å². The minimum atomic E-state index is -1.13. The molecule has 2 saturated heterocycles. The van der Waals surface area contributed by atoms with Crippen LogP contribution in [0.4, 0.5) is 0 Å². The predicted octanol–water partition coefficient (Wildman–Crippen LogP) is -1.69. The standard InChI is InChI=1S/C10H14N2O5/c13-5-3-7(10(16)17)12(4-5)9(15)6-1-2-8(14)11-6/h5-7,13H,1-4H2,(H,11,14)(H,16,17)/t5-,6-,7-/m0/s1. The van der Waals surface area contributed by atoms with Gasteiger partial charge in [0.25, 0.3) is 0 Å². The zero-order chi connectivity index (χ0) is 12.6. The van der Waals surface area contributed by atoms with Crippen LogP contribution in [-0.2, 0) is 14.4 Å². The van der Waals surface area contributed by atoms with Crippen molar-refractivity contribution in [3.63, 3.8) is 0 Å². The molecule has 0 aromatic rings. The van der Waals surface area contributed by atoms with Gasteiger partial charge in [-0.25, -0.2) is 4.79 Å². The zero-order valence-corrected chi connectivity index (χ0v) is 9.13. The van der Waals surface area contributed by atoms with Crippen LogP contribution < -0.4 is 5.32 Å². The Balaban J connectivity index is 2.07. The first-order chi connectivity index (χ1) is 7.99. The van der Waals surface area contributed by atoms with E-state index in [-0.39, 0.29) is 25.3 Å². The Hall–Kier alpha value is -1.63. The Morgan fingerprint density at radius 3 is 2.65 bits per heavy atom. The fourth-order valence-electron chi connectivity index (χ4n) is 2.29. The fraction of sp³-hybridized carbons (Fsp3) is 0.700. The van der Waals surface area contributed by atoms with Gasteiger partial charge in [-0.1, -0.05) is 0 Å². The van der Waals surface area contributed by atoms with Crippen LogP contribution >= 0.6 is 0 Å². The van der Waals surface area contributed by atoms with Crippen molar-refractivity contribution in [1.82, 2.24) is 10.2 Å². The lowest BCUT2D eigenvalue weighted by atomic mass is 10.1. The quantitative estimate of drug-likeness (QED) is 0.535. The van der Waals surface area contributed by atoms with Crippen molar-refractivity contribution in [2.24, 2.45) is 0 Å². The van der Waals surface area contributed by atoms with Gasteiger partial charge in [-0.3, -0.25) is 9.59 Å². The maximum absolute atomic E-state index is 12.0. The number of rotatable bonds is 2. The number of carboxylic acids is 1. The minimum absolute atomic E-state index is 0.0160. The van der Waals surface area contributed by atoms with Gasteiger partial charge in [0.1, 0.15) is 12.1 Å². The molecule has 0 saturated carbocycles. The van der Waals surface area contributed by atoms with E-state index in [1.807, 2.05) is 0 Å². The smallest absolute Gasteiger partial charge is 0.326 e. The van der Waals surface area contributed by atoms with Gasteiger partial charge < -0.3 is 20.4 Å². The number of carboxylic acid groups (broad SMARTS) is 1. The number of hydrogen-bond donors (Lipinski definition) is 3. The van der Waals surface area contributed by atoms with E-state index < -0.39 is 30.1 Å². The number of nitrogens with one attached hydrogen (secondary N) is 1. The molecule has 2 aliphatic rings. The second-order valence-corrected chi connectivity index (χ2v) is 4.39. The summed E-state index contributed by atoms with van der Waals surface area (Å²) in [5, 5.41) is 20.9. The number of aliphatic carboxylic acids is 1. The van der Waals surface area contributed by atoms with Crippen LogP contribution in [-0.4, -0.2) is 57.6 Å². The van der Waals surface area contributed by atoms with E-state index in [0.29, 0.717) is 6.42 Å². The van der Waals surface area contributed by atoms with E-state index in [2.05, 4.69) is 5.32 Å². The van der Waals surface area contributed by atoms with Gasteiger partial charge in [0.05, 0.1) is 6.10 Å². The Labute approximate surface area is 97.4 Å². The summed E-state index contributed by atoms with van der Waals surface area (Å²) >= 11 is 0. The number of nitrogens with zero attached hydrogens (tertiary/aromatic N) is 1. The molecule has 0 radical (unpaired) electrons. The van der Waals surface area contributed by atoms with E-state index in [1.54, 1.807) is 0 Å². The van der Waals surface area contributed by atoms with Crippen LogP contribution in [0.15, 0.2) is 0 Å². The van der Waals surface area contributed by atoms with Crippen LogP contribution in [0.1, 0.15) is 19.3 Å². The van der Waals surface area contributed by atoms with Crippen molar-refractivity contribution in [3.8, 4) is 0 Å². The normalized spacial score (nSPS) is 32.6. The molecule has 0 aromatic carbocycles. The number of hydrogen-bond acceptors (Lipinski definition) is 4. The summed E-state index contributed by atoms with van der Waals surface area (Å²) in [6.45, 7) is 0.0160. The van der Waals surface area contributed by atoms with Gasteiger partial charge in [-0.15, -0.1) is 0 Å². The average Bonchev–Trinajstić information content (AvgIpc) is 2.83. The topological polar surface area (TPSA) is 107 Å². The van der Waals surface area contributed by atoms with Crippen LogP contribution in [0.5, 0.6) is 0 Å². The molecular formula is C10H14N2O5. The molecule has 0 aliphatic carbocycles. The number of carbonyl (C=O) groups excluding carboxylic acids is 2. The Bertz CT molecular complexity index is 370. The molecule has 2 fully saturated rings. The van der Waals surface area contributed by atoms with Gasteiger partial charge in [-0.05, 0) is 6.42 Å². The molecule has 2 rings (SSSR count). The predicted molar refractivity (Wildman–Crippen MR) is 54.9 cm³/mol. The molecule has 2 heterocycles. The molecule has 7 heteroatoms. The largest absolute Gasteiger partial charge is 0.480 e. The van der Waals surface area contributed by atoms with Gasteiger partial charge in [0, 0.05) is 19.4 Å². The highest BCUT2D eigenvalue weighted by Gasteiger charge is 2.42. The molecule has 94 valence electrons. The summed E-state index contributed by atoms with van der Waals surface area (Å²) in [6, 6.07) is -1.63. The van der Waals surface area contributed by atoms with Gasteiger partial charge in [0.2, 0.25) is 11.8 Å². The summed E-state index contributed by atoms with van der Waals surface area (Å²) in [5.74, 6) is -1.74. The van der Waals surface area contributed by atoms with Crippen molar-refractivity contribution < 1.29 is 24.6 Å². The lowest BCUT2D eigenvalue weighted by Crippen LogP contribution is -2.49. The third kappa shape index (κ3) is 2.23. The Morgan fingerprint density at radius 1 is 1.41 bits per heavy atom. The number of amides is 2. The van der Waals surface area contributed by atoms with Crippen LogP contribution in [0, 0.1) is 0 Å². The van der Waals surface area contributed by atoms with E-state index in [0.717, 1.165) is 4.90 Å². The summed E-state index contributed by atoms with van der Waals surface area (Å²) in [6.07, 6.45) is -0.0970. The lowest BCUT2D eigenvalue weighted by molar-refractivity contribution is -0.149. The summed E-state index contributed by atoms with van der Waals surface area (Å²) in [7, 11) is 0. The number of aliphatic hydroxyl groups excluding tert-OH is 1. The molecule has 2 aliphatic heterocycles. The first-order valence-corrected chi connectivity index (χ1v) is 5.49. The van der Waals surface area contributed by atoms with E-state index >= 15 is 0 Å². The molecule has 0 aromatic heterocycles. The molecule has 0 unspecified atom stereocenters. The second kappa shape index (κ2) is 4.33. The molecule has 3 atom stereocenters. The Kier molecular flexibility index (Phi) is 3.01. The van der Waals surface area contributed by atoms with E-state index in [1.165, 1.54) is 0 Å². The van der Waals surface area contributed by atoms with Crippen LogP contribution in [0.25, 0.3) is 0 Å². The van der Waals surface area contributed by atoms with E-state index in [9.17, 15) is 19.5 Å². The highest BCUT2D eigenvalue weighted by atomic mass is 16.4. The maximum atomic E-state index is 12.0. The summed E-state index contributed by atoms with van der Waals surface area (Å²) < 4.78 is 0. The molecular weight excluding hydrogens is 228 g/mol. The number of likely N-dealkylation sites (tertiary alicyclic amines) is 1. The van der Waals surface area contributed by atoms with Crippen molar-refractivity contribution >= 4 is 17.8 Å². The van der Waals surface area contributed by atoms with E-state index in [4.69, 9.17) is 5.11 Å². The first kappa shape index (κ1) is 11.8. The minimum Gasteiger partial charge on any atom is -0.480 e. The third-order valence-electron chi connectivity index (χ3n) is 3.14. The SMILES string of the molecule is O=C1CC[C@@H](C(=O)N2C[C@@H](O)C[C@H]2C(=O)O)N1. The highest BCUT2D eigenvalue weighted by molar-refractivity contribution is 5.93. The van der Waals surface area contributed by atoms with Gasteiger partial charge >= 0.3 is 5.97 Å². The van der Waals surface area contributed by atoms with Gasteiger partial charge in [0.15, 0.2) is 0 Å². The lowest BCUT2D eigenvalue weighted by Gasteiger charge is -2.24. The Morgan fingerprint density at radius 2 is 2.12 bits per heavy atom. The molecule has 3 N–H and O–H groups in total.